The number of rotatable bonds is 8. The molecule has 7 heteroatoms. The van der Waals surface area contributed by atoms with Gasteiger partial charge in [0.25, 0.3) is 0 Å². The van der Waals surface area contributed by atoms with Crippen molar-refractivity contribution in [3.63, 3.8) is 0 Å². The molecule has 0 bridgehead atoms. The number of carbonyl (C=O) groups is 1. The molecule has 0 spiro atoms. The standard InChI is InChI=1S/C30H32O7/c1-17-10-23(37-26-9-8-25(31)30(26)34)11-18(2)29(17)20-5-3-4-19(12-20)15-35-22-6-7-24-21(13-28(32)33)16-36-27(24)14-22/h3-7,10-12,14,21,25-26,30-31,34H,8-9,13,15-16H2,1-2H3,(H,32,33)/t21?,25-,26+,30-/m0/s1. The molecule has 7 nitrogen and oxygen atoms in total. The molecule has 1 saturated carbocycles. The fourth-order valence-electron chi connectivity index (χ4n) is 5.38. The van der Waals surface area contributed by atoms with Crippen LogP contribution in [0.25, 0.3) is 11.1 Å². The van der Waals surface area contributed by atoms with Crippen molar-refractivity contribution in [3.05, 3.63) is 76.9 Å². The lowest BCUT2D eigenvalue weighted by molar-refractivity contribution is -0.137. The molecule has 0 radical (unpaired) electrons. The Kier molecular flexibility index (Phi) is 7.09. The predicted molar refractivity (Wildman–Crippen MR) is 138 cm³/mol. The molecule has 1 fully saturated rings. The minimum Gasteiger partial charge on any atom is -0.492 e. The minimum absolute atomic E-state index is 0.0532. The molecule has 37 heavy (non-hydrogen) atoms. The van der Waals surface area contributed by atoms with Crippen molar-refractivity contribution in [3.8, 4) is 28.4 Å². The van der Waals surface area contributed by atoms with Crippen molar-refractivity contribution in [2.75, 3.05) is 6.61 Å². The molecule has 1 aliphatic heterocycles. The number of aliphatic carboxylic acids is 1. The molecule has 194 valence electrons. The van der Waals surface area contributed by atoms with E-state index in [1.165, 1.54) is 0 Å². The lowest BCUT2D eigenvalue weighted by atomic mass is 9.94. The first-order valence-electron chi connectivity index (χ1n) is 12.6. The van der Waals surface area contributed by atoms with Crippen LogP contribution in [-0.2, 0) is 11.4 Å². The second kappa shape index (κ2) is 10.4. The Bertz CT molecular complexity index is 1280. The van der Waals surface area contributed by atoms with Gasteiger partial charge in [-0.1, -0.05) is 24.3 Å². The average Bonchev–Trinajstić information content (AvgIpc) is 3.40. The fourth-order valence-corrected chi connectivity index (χ4v) is 5.38. The van der Waals surface area contributed by atoms with Crippen molar-refractivity contribution in [1.82, 2.24) is 0 Å². The zero-order valence-electron chi connectivity index (χ0n) is 21.0. The summed E-state index contributed by atoms with van der Waals surface area (Å²) in [6, 6.07) is 17.7. The number of aliphatic hydroxyl groups excluding tert-OH is 2. The zero-order chi connectivity index (χ0) is 26.1. The van der Waals surface area contributed by atoms with Gasteiger partial charge >= 0.3 is 5.97 Å². The van der Waals surface area contributed by atoms with Gasteiger partial charge in [-0.2, -0.15) is 0 Å². The number of carboxylic acids is 1. The highest BCUT2D eigenvalue weighted by Crippen LogP contribution is 2.39. The Morgan fingerprint density at radius 3 is 2.49 bits per heavy atom. The minimum atomic E-state index is -0.861. The van der Waals surface area contributed by atoms with Gasteiger partial charge in [-0.25, -0.2) is 0 Å². The van der Waals surface area contributed by atoms with Crippen molar-refractivity contribution >= 4 is 5.97 Å². The van der Waals surface area contributed by atoms with Crippen molar-refractivity contribution in [2.24, 2.45) is 0 Å². The number of hydrogen-bond donors (Lipinski definition) is 3. The van der Waals surface area contributed by atoms with E-state index < -0.39 is 24.3 Å². The van der Waals surface area contributed by atoms with Gasteiger partial charge in [0.2, 0.25) is 0 Å². The molecule has 4 atom stereocenters. The molecule has 3 aromatic carbocycles. The SMILES string of the molecule is Cc1cc(O[C@@H]2CC[C@H](O)[C@@H]2O)cc(C)c1-c1cccc(COc2ccc3c(c2)OCC3CC(=O)O)c1. The van der Waals surface area contributed by atoms with Crippen LogP contribution in [0.5, 0.6) is 17.2 Å². The second-order valence-corrected chi connectivity index (χ2v) is 10.0. The summed E-state index contributed by atoms with van der Waals surface area (Å²) < 4.78 is 17.7. The number of benzene rings is 3. The fraction of sp³-hybridized carbons (Fsp3) is 0.367. The maximum atomic E-state index is 11.1. The van der Waals surface area contributed by atoms with Crippen LogP contribution in [0, 0.1) is 13.8 Å². The third kappa shape index (κ3) is 5.43. The summed E-state index contributed by atoms with van der Waals surface area (Å²) in [4.78, 5) is 11.1. The van der Waals surface area contributed by atoms with Crippen LogP contribution < -0.4 is 14.2 Å². The Balaban J connectivity index is 1.28. The van der Waals surface area contributed by atoms with E-state index in [9.17, 15) is 15.0 Å². The summed E-state index contributed by atoms with van der Waals surface area (Å²) in [5.41, 5.74) is 6.25. The van der Waals surface area contributed by atoms with E-state index in [2.05, 4.69) is 12.1 Å². The van der Waals surface area contributed by atoms with Crippen LogP contribution in [0.15, 0.2) is 54.6 Å². The van der Waals surface area contributed by atoms with E-state index in [0.29, 0.717) is 43.3 Å². The number of ether oxygens (including phenoxy) is 3. The summed E-state index contributed by atoms with van der Waals surface area (Å²) in [5.74, 6) is 1.10. The highest BCUT2D eigenvalue weighted by Gasteiger charge is 2.35. The summed E-state index contributed by atoms with van der Waals surface area (Å²) in [5, 5.41) is 29.0. The highest BCUT2D eigenvalue weighted by molar-refractivity contribution is 5.72. The van der Waals surface area contributed by atoms with Crippen LogP contribution in [0.1, 0.15) is 47.4 Å². The summed E-state index contributed by atoms with van der Waals surface area (Å²) >= 11 is 0. The van der Waals surface area contributed by atoms with Gasteiger partial charge in [0.1, 0.15) is 36.1 Å². The van der Waals surface area contributed by atoms with Gasteiger partial charge in [0, 0.05) is 17.5 Å². The second-order valence-electron chi connectivity index (χ2n) is 10.0. The molecule has 1 heterocycles. The summed E-state index contributed by atoms with van der Waals surface area (Å²) in [6.45, 7) is 4.84. The van der Waals surface area contributed by atoms with E-state index >= 15 is 0 Å². The third-order valence-corrected chi connectivity index (χ3v) is 7.22. The maximum absolute atomic E-state index is 11.1. The van der Waals surface area contributed by atoms with E-state index in [-0.39, 0.29) is 12.3 Å². The third-order valence-electron chi connectivity index (χ3n) is 7.22. The van der Waals surface area contributed by atoms with Crippen LogP contribution in [0.2, 0.25) is 0 Å². The van der Waals surface area contributed by atoms with Crippen molar-refractivity contribution in [1.29, 1.82) is 0 Å². The molecule has 3 N–H and O–H groups in total. The average molecular weight is 505 g/mol. The highest BCUT2D eigenvalue weighted by atomic mass is 16.5. The molecular formula is C30H32O7. The smallest absolute Gasteiger partial charge is 0.304 e. The van der Waals surface area contributed by atoms with Crippen molar-refractivity contribution in [2.45, 2.75) is 63.9 Å². The largest absolute Gasteiger partial charge is 0.492 e. The topological polar surface area (TPSA) is 105 Å². The molecular weight excluding hydrogens is 472 g/mol. The predicted octanol–water partition coefficient (Wildman–Crippen LogP) is 4.76. The van der Waals surface area contributed by atoms with Gasteiger partial charge in [-0.3, -0.25) is 4.79 Å². The van der Waals surface area contributed by atoms with Gasteiger partial charge < -0.3 is 29.5 Å². The quantitative estimate of drug-likeness (QED) is 0.406. The first kappa shape index (κ1) is 25.1. The first-order valence-corrected chi connectivity index (χ1v) is 12.6. The Hall–Kier alpha value is -3.55. The van der Waals surface area contributed by atoms with Crippen LogP contribution in [0.3, 0.4) is 0 Å². The number of aliphatic hydroxyl groups is 2. The molecule has 0 amide bonds. The molecule has 0 saturated heterocycles. The molecule has 3 aromatic rings. The van der Waals surface area contributed by atoms with E-state index in [4.69, 9.17) is 19.3 Å². The van der Waals surface area contributed by atoms with Crippen LogP contribution in [-0.4, -0.2) is 46.2 Å². The molecule has 1 unspecified atom stereocenters. The monoisotopic (exact) mass is 504 g/mol. The van der Waals surface area contributed by atoms with Gasteiger partial charge in [0.15, 0.2) is 0 Å². The number of aryl methyl sites for hydroxylation is 2. The molecule has 5 rings (SSSR count). The molecule has 2 aliphatic rings. The van der Waals surface area contributed by atoms with Crippen LogP contribution >= 0.6 is 0 Å². The normalized spacial score (nSPS) is 22.4. The Morgan fingerprint density at radius 2 is 1.78 bits per heavy atom. The van der Waals surface area contributed by atoms with Gasteiger partial charge in [-0.15, -0.1) is 0 Å². The Morgan fingerprint density at radius 1 is 1.00 bits per heavy atom. The zero-order valence-corrected chi connectivity index (χ0v) is 21.0. The van der Waals surface area contributed by atoms with Crippen molar-refractivity contribution < 1.29 is 34.3 Å². The maximum Gasteiger partial charge on any atom is 0.304 e. The summed E-state index contributed by atoms with van der Waals surface area (Å²) in [6.07, 6.45) is -0.760. The lowest BCUT2D eigenvalue weighted by Gasteiger charge is -2.20. The first-order chi connectivity index (χ1) is 17.8. The van der Waals surface area contributed by atoms with E-state index in [1.807, 2.05) is 56.3 Å². The van der Waals surface area contributed by atoms with Gasteiger partial charge in [0.05, 0.1) is 19.1 Å². The Labute approximate surface area is 216 Å². The van der Waals surface area contributed by atoms with E-state index in [0.717, 1.165) is 33.4 Å². The van der Waals surface area contributed by atoms with Crippen LogP contribution in [0.4, 0.5) is 0 Å². The number of hydrogen-bond acceptors (Lipinski definition) is 6. The summed E-state index contributed by atoms with van der Waals surface area (Å²) in [7, 11) is 0. The number of fused-ring (bicyclic) bond motifs is 1. The molecule has 1 aliphatic carbocycles. The number of carboxylic acid groups (broad SMARTS) is 1. The lowest BCUT2D eigenvalue weighted by Crippen LogP contribution is -2.32. The molecule has 0 aromatic heterocycles. The van der Waals surface area contributed by atoms with E-state index in [1.54, 1.807) is 0 Å². The van der Waals surface area contributed by atoms with Gasteiger partial charge in [-0.05, 0) is 78.8 Å².